The average molecular weight is 242 g/mol. The molecule has 0 aromatic heterocycles. The van der Waals surface area contributed by atoms with Gasteiger partial charge in [0.15, 0.2) is 0 Å². The van der Waals surface area contributed by atoms with Crippen LogP contribution in [-0.2, 0) is 9.47 Å². The van der Waals surface area contributed by atoms with Crippen LogP contribution in [0.2, 0.25) is 0 Å². The average Bonchev–Trinajstić information content (AvgIpc) is 2.69. The van der Waals surface area contributed by atoms with Crippen LogP contribution in [0, 0.1) is 0 Å². The van der Waals surface area contributed by atoms with Gasteiger partial charge in [0.2, 0.25) is 0 Å². The first kappa shape index (κ1) is 13.3. The minimum atomic E-state index is 0.0105. The van der Waals surface area contributed by atoms with Crippen LogP contribution in [0.25, 0.3) is 0 Å². The minimum Gasteiger partial charge on any atom is -0.377 e. The Morgan fingerprint density at radius 2 is 2.06 bits per heavy atom. The van der Waals surface area contributed by atoms with Gasteiger partial charge in [-0.1, -0.05) is 0 Å². The summed E-state index contributed by atoms with van der Waals surface area (Å²) in [5, 5.41) is 7.08. The highest BCUT2D eigenvalue weighted by Gasteiger charge is 2.40. The molecule has 4 nitrogen and oxygen atoms in total. The van der Waals surface area contributed by atoms with Gasteiger partial charge in [-0.2, -0.15) is 0 Å². The molecule has 2 atom stereocenters. The number of nitrogens with one attached hydrogen (secondary N) is 2. The summed E-state index contributed by atoms with van der Waals surface area (Å²) in [6, 6.07) is 0. The SMILES string of the molecule is COC1(CNC2(C)CCOC2C)CCNCC1. The summed E-state index contributed by atoms with van der Waals surface area (Å²) in [5.41, 5.74) is 0.118. The van der Waals surface area contributed by atoms with E-state index >= 15 is 0 Å². The molecule has 17 heavy (non-hydrogen) atoms. The number of hydrogen-bond donors (Lipinski definition) is 2. The molecule has 0 aromatic rings. The Bertz CT molecular complexity index is 254. The largest absolute Gasteiger partial charge is 0.377 e. The van der Waals surface area contributed by atoms with Gasteiger partial charge in [-0.15, -0.1) is 0 Å². The van der Waals surface area contributed by atoms with E-state index in [9.17, 15) is 0 Å². The second-order valence-electron chi connectivity index (χ2n) is 5.67. The molecular formula is C13H26N2O2. The van der Waals surface area contributed by atoms with Crippen molar-refractivity contribution >= 4 is 0 Å². The van der Waals surface area contributed by atoms with E-state index < -0.39 is 0 Å². The van der Waals surface area contributed by atoms with Gasteiger partial charge in [0.1, 0.15) is 0 Å². The monoisotopic (exact) mass is 242 g/mol. The smallest absolute Gasteiger partial charge is 0.0826 e. The van der Waals surface area contributed by atoms with Crippen molar-refractivity contribution in [2.75, 3.05) is 33.4 Å². The highest BCUT2D eigenvalue weighted by atomic mass is 16.5. The Balaban J connectivity index is 1.91. The van der Waals surface area contributed by atoms with Crippen molar-refractivity contribution in [1.82, 2.24) is 10.6 Å². The third-order valence-electron chi connectivity index (χ3n) is 4.65. The van der Waals surface area contributed by atoms with Crippen molar-refractivity contribution in [2.45, 2.75) is 50.4 Å². The van der Waals surface area contributed by atoms with E-state index in [-0.39, 0.29) is 17.2 Å². The molecule has 2 N–H and O–H groups in total. The first-order chi connectivity index (χ1) is 8.10. The molecule has 0 aromatic carbocycles. The summed E-state index contributed by atoms with van der Waals surface area (Å²) in [4.78, 5) is 0. The lowest BCUT2D eigenvalue weighted by molar-refractivity contribution is -0.0398. The molecule has 2 fully saturated rings. The van der Waals surface area contributed by atoms with Crippen molar-refractivity contribution < 1.29 is 9.47 Å². The Hall–Kier alpha value is -0.160. The van der Waals surface area contributed by atoms with Gasteiger partial charge in [0.05, 0.1) is 11.7 Å². The van der Waals surface area contributed by atoms with E-state index in [4.69, 9.17) is 9.47 Å². The molecule has 2 aliphatic rings. The zero-order valence-corrected chi connectivity index (χ0v) is 11.3. The van der Waals surface area contributed by atoms with E-state index in [1.807, 2.05) is 7.11 Å². The second-order valence-corrected chi connectivity index (χ2v) is 5.67. The summed E-state index contributed by atoms with van der Waals surface area (Å²) in [6.45, 7) is 8.31. The molecule has 100 valence electrons. The first-order valence-electron chi connectivity index (χ1n) is 6.73. The van der Waals surface area contributed by atoms with Crippen LogP contribution in [0.1, 0.15) is 33.1 Å². The van der Waals surface area contributed by atoms with Crippen LogP contribution < -0.4 is 10.6 Å². The Kier molecular flexibility index (Phi) is 4.08. The zero-order valence-electron chi connectivity index (χ0n) is 11.3. The van der Waals surface area contributed by atoms with Crippen molar-refractivity contribution in [1.29, 1.82) is 0 Å². The molecule has 0 radical (unpaired) electrons. The number of rotatable bonds is 4. The maximum Gasteiger partial charge on any atom is 0.0826 e. The minimum absolute atomic E-state index is 0.0105. The maximum absolute atomic E-state index is 5.78. The topological polar surface area (TPSA) is 42.5 Å². The van der Waals surface area contributed by atoms with Crippen LogP contribution in [0.4, 0.5) is 0 Å². The fourth-order valence-corrected chi connectivity index (χ4v) is 2.77. The standard InChI is InChI=1S/C13H26N2O2/c1-11-12(2,6-9-17-11)15-10-13(16-3)4-7-14-8-5-13/h11,14-15H,4-10H2,1-3H3. The lowest BCUT2D eigenvalue weighted by atomic mass is 9.88. The third kappa shape index (κ3) is 2.81. The van der Waals surface area contributed by atoms with Crippen LogP contribution >= 0.6 is 0 Å². The maximum atomic E-state index is 5.78. The molecule has 2 rings (SSSR count). The van der Waals surface area contributed by atoms with Gasteiger partial charge in [-0.25, -0.2) is 0 Å². The summed E-state index contributed by atoms with van der Waals surface area (Å²) in [5.74, 6) is 0. The number of ether oxygens (including phenoxy) is 2. The number of methoxy groups -OCH3 is 1. The van der Waals surface area contributed by atoms with E-state index in [1.54, 1.807) is 0 Å². The molecular weight excluding hydrogens is 216 g/mol. The van der Waals surface area contributed by atoms with Crippen LogP contribution in [-0.4, -0.2) is 50.6 Å². The van der Waals surface area contributed by atoms with Gasteiger partial charge < -0.3 is 20.1 Å². The predicted octanol–water partition coefficient (Wildman–Crippen LogP) is 0.912. The molecule has 2 unspecified atom stereocenters. The summed E-state index contributed by atoms with van der Waals surface area (Å²) < 4.78 is 11.4. The van der Waals surface area contributed by atoms with Gasteiger partial charge >= 0.3 is 0 Å². The van der Waals surface area contributed by atoms with E-state index in [0.29, 0.717) is 0 Å². The quantitative estimate of drug-likeness (QED) is 0.769. The summed E-state index contributed by atoms with van der Waals surface area (Å²) in [6.07, 6.45) is 3.55. The molecule has 4 heteroatoms. The predicted molar refractivity (Wildman–Crippen MR) is 68.3 cm³/mol. The second kappa shape index (κ2) is 5.22. The van der Waals surface area contributed by atoms with Crippen molar-refractivity contribution in [3.8, 4) is 0 Å². The summed E-state index contributed by atoms with van der Waals surface area (Å²) >= 11 is 0. The molecule has 0 amide bonds. The van der Waals surface area contributed by atoms with E-state index in [1.165, 1.54) is 0 Å². The highest BCUT2D eigenvalue weighted by molar-refractivity contribution is 4.97. The highest BCUT2D eigenvalue weighted by Crippen LogP contribution is 2.28. The van der Waals surface area contributed by atoms with E-state index in [0.717, 1.165) is 45.5 Å². The van der Waals surface area contributed by atoms with Gasteiger partial charge in [-0.3, -0.25) is 0 Å². The van der Waals surface area contributed by atoms with Crippen LogP contribution in [0.5, 0.6) is 0 Å². The first-order valence-corrected chi connectivity index (χ1v) is 6.73. The molecule has 2 heterocycles. The van der Waals surface area contributed by atoms with Gasteiger partial charge in [0.25, 0.3) is 0 Å². The van der Waals surface area contributed by atoms with Gasteiger partial charge in [-0.05, 0) is 46.2 Å². The zero-order chi connectivity index (χ0) is 12.4. The van der Waals surface area contributed by atoms with Gasteiger partial charge in [0, 0.05) is 25.8 Å². The Morgan fingerprint density at radius 1 is 1.35 bits per heavy atom. The molecule has 2 saturated heterocycles. The molecule has 2 aliphatic heterocycles. The van der Waals surface area contributed by atoms with Crippen molar-refractivity contribution in [3.63, 3.8) is 0 Å². The lowest BCUT2D eigenvalue weighted by Crippen LogP contribution is -2.57. The molecule has 0 saturated carbocycles. The number of hydrogen-bond acceptors (Lipinski definition) is 4. The normalized spacial score (nSPS) is 37.2. The van der Waals surface area contributed by atoms with Crippen molar-refractivity contribution in [2.24, 2.45) is 0 Å². The van der Waals surface area contributed by atoms with Crippen LogP contribution in [0.15, 0.2) is 0 Å². The molecule has 0 bridgehead atoms. The molecule has 0 spiro atoms. The lowest BCUT2D eigenvalue weighted by Gasteiger charge is -2.40. The van der Waals surface area contributed by atoms with Crippen molar-refractivity contribution in [3.05, 3.63) is 0 Å². The van der Waals surface area contributed by atoms with Crippen LogP contribution in [0.3, 0.4) is 0 Å². The Morgan fingerprint density at radius 3 is 2.59 bits per heavy atom. The summed E-state index contributed by atoms with van der Waals surface area (Å²) in [7, 11) is 1.84. The molecule has 0 aliphatic carbocycles. The fraction of sp³-hybridized carbons (Fsp3) is 1.00. The third-order valence-corrected chi connectivity index (χ3v) is 4.65. The van der Waals surface area contributed by atoms with E-state index in [2.05, 4.69) is 24.5 Å². The Labute approximate surface area is 104 Å². The number of piperidine rings is 1. The fourth-order valence-electron chi connectivity index (χ4n) is 2.77.